The third-order valence-corrected chi connectivity index (χ3v) is 4.46. The first-order valence-corrected chi connectivity index (χ1v) is 8.29. The van der Waals surface area contributed by atoms with Crippen molar-refractivity contribution in [3.63, 3.8) is 0 Å². The maximum absolute atomic E-state index is 12.7. The predicted octanol–water partition coefficient (Wildman–Crippen LogP) is 3.84. The van der Waals surface area contributed by atoms with Gasteiger partial charge >= 0.3 is 0 Å². The van der Waals surface area contributed by atoms with Crippen LogP contribution in [0.3, 0.4) is 0 Å². The first kappa shape index (κ1) is 15.7. The zero-order valence-electron chi connectivity index (χ0n) is 12.9. The summed E-state index contributed by atoms with van der Waals surface area (Å²) < 4.78 is 4.64. The van der Waals surface area contributed by atoms with Gasteiger partial charge < -0.3 is 0 Å². The van der Waals surface area contributed by atoms with Gasteiger partial charge in [-0.15, -0.1) is 0 Å². The van der Waals surface area contributed by atoms with E-state index in [9.17, 15) is 4.79 Å². The lowest BCUT2D eigenvalue weighted by Crippen LogP contribution is -2.19. The molecule has 4 nitrogen and oxygen atoms in total. The fraction of sp³-hybridized carbons (Fsp3) is 0.111. The number of nitrogens with zero attached hydrogens (tertiary/aromatic N) is 3. The minimum Gasteiger partial charge on any atom is -0.283 e. The summed E-state index contributed by atoms with van der Waals surface area (Å²) in [5.41, 5.74) is 2.99. The van der Waals surface area contributed by atoms with Crippen LogP contribution >= 0.6 is 22.6 Å². The third-order valence-electron chi connectivity index (χ3n) is 3.74. The molecule has 0 aliphatic rings. The molecule has 0 fully saturated rings. The van der Waals surface area contributed by atoms with Gasteiger partial charge in [0.15, 0.2) is 5.69 Å². The second kappa shape index (κ2) is 6.54. The van der Waals surface area contributed by atoms with Gasteiger partial charge in [-0.2, -0.15) is 0 Å². The Morgan fingerprint density at radius 3 is 2.35 bits per heavy atom. The van der Waals surface area contributed by atoms with Crippen molar-refractivity contribution in [1.29, 1.82) is 0 Å². The summed E-state index contributed by atoms with van der Waals surface area (Å²) in [5.74, 6) is 0. The average molecular weight is 417 g/mol. The topological polar surface area (TPSA) is 39.3 Å². The third kappa shape index (κ3) is 3.14. The van der Waals surface area contributed by atoms with Crippen LogP contribution in [0.4, 0.5) is 5.69 Å². The van der Waals surface area contributed by atoms with E-state index in [1.54, 1.807) is 10.9 Å². The summed E-state index contributed by atoms with van der Waals surface area (Å²) in [6, 6.07) is 17.6. The molecule has 0 spiro atoms. The smallest absolute Gasteiger partial charge is 0.283 e. The number of aromatic nitrogens is 2. The lowest BCUT2D eigenvalue weighted by molar-refractivity contribution is 0.630. The maximum Gasteiger partial charge on any atom is 0.297 e. The molecule has 0 amide bonds. The maximum atomic E-state index is 12.7. The fourth-order valence-electron chi connectivity index (χ4n) is 2.39. The molecule has 0 unspecified atom stereocenters. The molecule has 0 saturated carbocycles. The molecule has 0 aliphatic carbocycles. The van der Waals surface area contributed by atoms with Crippen molar-refractivity contribution in [2.75, 3.05) is 0 Å². The van der Waals surface area contributed by atoms with E-state index in [0.717, 1.165) is 16.9 Å². The van der Waals surface area contributed by atoms with E-state index in [1.165, 1.54) is 3.57 Å². The Kier molecular flexibility index (Phi) is 4.47. The van der Waals surface area contributed by atoms with E-state index < -0.39 is 0 Å². The average Bonchev–Trinajstić information content (AvgIpc) is 2.78. The number of aliphatic imine (C=N–C) groups is 1. The van der Waals surface area contributed by atoms with E-state index >= 15 is 0 Å². The van der Waals surface area contributed by atoms with E-state index in [0.29, 0.717) is 5.69 Å². The number of para-hydroxylation sites is 1. The first-order valence-electron chi connectivity index (χ1n) is 7.21. The van der Waals surface area contributed by atoms with Crippen molar-refractivity contribution in [1.82, 2.24) is 9.36 Å². The molecule has 1 heterocycles. The molecular formula is C18H16IN3O. The molecule has 116 valence electrons. The summed E-state index contributed by atoms with van der Waals surface area (Å²) in [4.78, 5) is 17.1. The Morgan fingerprint density at radius 2 is 1.70 bits per heavy atom. The van der Waals surface area contributed by atoms with Crippen LogP contribution in [0.25, 0.3) is 5.69 Å². The standard InChI is InChI=1S/C18H16IN3O/c1-13-17(20-12-14-8-10-15(19)11-9-14)18(23)22(21(13)2)16-6-4-3-5-7-16/h3-12H,1-2H3. The van der Waals surface area contributed by atoms with Crippen LogP contribution in [0.15, 0.2) is 64.4 Å². The molecule has 0 radical (unpaired) electrons. The van der Waals surface area contributed by atoms with Gasteiger partial charge in [0.25, 0.3) is 5.56 Å². The molecular weight excluding hydrogens is 401 g/mol. The Morgan fingerprint density at radius 1 is 1.04 bits per heavy atom. The lowest BCUT2D eigenvalue weighted by Gasteiger charge is -2.07. The number of halogens is 1. The highest BCUT2D eigenvalue weighted by atomic mass is 127. The summed E-state index contributed by atoms with van der Waals surface area (Å²) in [7, 11) is 1.87. The summed E-state index contributed by atoms with van der Waals surface area (Å²) in [6.45, 7) is 1.90. The van der Waals surface area contributed by atoms with E-state index in [4.69, 9.17) is 0 Å². The molecule has 3 rings (SSSR count). The number of hydrogen-bond acceptors (Lipinski definition) is 2. The fourth-order valence-corrected chi connectivity index (χ4v) is 2.75. The van der Waals surface area contributed by atoms with Gasteiger partial charge in [0, 0.05) is 16.8 Å². The highest BCUT2D eigenvalue weighted by Gasteiger charge is 2.14. The van der Waals surface area contributed by atoms with Crippen LogP contribution in [0, 0.1) is 10.5 Å². The zero-order chi connectivity index (χ0) is 16.4. The minimum absolute atomic E-state index is 0.113. The van der Waals surface area contributed by atoms with Crippen molar-refractivity contribution in [3.8, 4) is 5.69 Å². The molecule has 2 aromatic carbocycles. The second-order valence-electron chi connectivity index (χ2n) is 5.22. The van der Waals surface area contributed by atoms with Crippen LogP contribution in [0.5, 0.6) is 0 Å². The lowest BCUT2D eigenvalue weighted by atomic mass is 10.2. The molecule has 3 aromatic rings. The van der Waals surface area contributed by atoms with Gasteiger partial charge in [-0.3, -0.25) is 9.48 Å². The van der Waals surface area contributed by atoms with E-state index in [-0.39, 0.29) is 5.56 Å². The van der Waals surface area contributed by atoms with Gasteiger partial charge in [0.2, 0.25) is 0 Å². The van der Waals surface area contributed by atoms with E-state index in [1.807, 2.05) is 73.3 Å². The SMILES string of the molecule is Cc1c(N=Cc2ccc(I)cc2)c(=O)n(-c2ccccc2)n1C. The molecule has 0 bridgehead atoms. The predicted molar refractivity (Wildman–Crippen MR) is 102 cm³/mol. The monoisotopic (exact) mass is 417 g/mol. The largest absolute Gasteiger partial charge is 0.297 e. The molecule has 0 atom stereocenters. The molecule has 1 aromatic heterocycles. The number of rotatable bonds is 3. The first-order chi connectivity index (χ1) is 11.1. The Balaban J connectivity index is 2.04. The van der Waals surface area contributed by atoms with Crippen molar-refractivity contribution in [3.05, 3.63) is 79.8 Å². The molecule has 0 aliphatic heterocycles. The number of benzene rings is 2. The summed E-state index contributed by atoms with van der Waals surface area (Å²) in [5, 5.41) is 0. The van der Waals surface area contributed by atoms with Crippen LogP contribution in [0.2, 0.25) is 0 Å². The molecule has 23 heavy (non-hydrogen) atoms. The van der Waals surface area contributed by atoms with Gasteiger partial charge in [-0.1, -0.05) is 30.3 Å². The van der Waals surface area contributed by atoms with Crippen molar-refractivity contribution in [2.24, 2.45) is 12.0 Å². The Bertz CT molecular complexity index is 906. The quantitative estimate of drug-likeness (QED) is 0.472. The highest BCUT2D eigenvalue weighted by Crippen LogP contribution is 2.16. The Labute approximate surface area is 148 Å². The van der Waals surface area contributed by atoms with Crippen LogP contribution < -0.4 is 5.56 Å². The molecule has 5 heteroatoms. The van der Waals surface area contributed by atoms with Crippen molar-refractivity contribution in [2.45, 2.75) is 6.92 Å². The Hall–Kier alpha value is -2.15. The summed E-state index contributed by atoms with van der Waals surface area (Å²) >= 11 is 2.26. The van der Waals surface area contributed by atoms with Crippen LogP contribution in [-0.4, -0.2) is 15.6 Å². The van der Waals surface area contributed by atoms with Gasteiger partial charge in [0.05, 0.1) is 11.4 Å². The van der Waals surface area contributed by atoms with Crippen molar-refractivity contribution < 1.29 is 0 Å². The second-order valence-corrected chi connectivity index (χ2v) is 6.47. The molecule has 0 saturated heterocycles. The summed E-state index contributed by atoms with van der Waals surface area (Å²) in [6.07, 6.45) is 1.73. The minimum atomic E-state index is -0.113. The van der Waals surface area contributed by atoms with Gasteiger partial charge in [-0.25, -0.2) is 9.67 Å². The van der Waals surface area contributed by atoms with Gasteiger partial charge in [0.1, 0.15) is 0 Å². The number of hydrogen-bond donors (Lipinski definition) is 0. The van der Waals surface area contributed by atoms with Gasteiger partial charge in [-0.05, 0) is 59.3 Å². The normalized spacial score (nSPS) is 11.3. The zero-order valence-corrected chi connectivity index (χ0v) is 15.1. The van der Waals surface area contributed by atoms with E-state index in [2.05, 4.69) is 27.6 Å². The molecule has 0 N–H and O–H groups in total. The van der Waals surface area contributed by atoms with Crippen molar-refractivity contribution >= 4 is 34.5 Å². The van der Waals surface area contributed by atoms with Crippen LogP contribution in [-0.2, 0) is 7.05 Å². The van der Waals surface area contributed by atoms with Crippen LogP contribution in [0.1, 0.15) is 11.3 Å². The highest BCUT2D eigenvalue weighted by molar-refractivity contribution is 14.1.